The maximum atomic E-state index is 12.8. The minimum atomic E-state index is -0.821. The molecule has 0 aromatic carbocycles. The zero-order valence-corrected chi connectivity index (χ0v) is 40.3. The van der Waals surface area contributed by atoms with Gasteiger partial charge >= 0.3 is 17.9 Å². The van der Waals surface area contributed by atoms with Gasteiger partial charge in [0.1, 0.15) is 13.2 Å². The molecular formula is C57H90O6. The Balaban J connectivity index is 4.53. The van der Waals surface area contributed by atoms with Crippen LogP contribution in [0.15, 0.2) is 122 Å². The number of hydrogen-bond acceptors (Lipinski definition) is 6. The van der Waals surface area contributed by atoms with E-state index in [1.54, 1.807) is 0 Å². The van der Waals surface area contributed by atoms with Crippen LogP contribution in [0.2, 0.25) is 0 Å². The smallest absolute Gasteiger partial charge is 0.306 e. The molecule has 0 aromatic heterocycles. The zero-order chi connectivity index (χ0) is 45.8. The van der Waals surface area contributed by atoms with Gasteiger partial charge in [-0.2, -0.15) is 0 Å². The highest BCUT2D eigenvalue weighted by Gasteiger charge is 2.19. The molecule has 0 aromatic rings. The Morgan fingerprint density at radius 2 is 0.635 bits per heavy atom. The summed E-state index contributed by atoms with van der Waals surface area (Å²) >= 11 is 0. The van der Waals surface area contributed by atoms with Crippen molar-refractivity contribution in [3.8, 4) is 0 Å². The number of allylic oxidation sites excluding steroid dienone is 20. The van der Waals surface area contributed by atoms with E-state index in [0.717, 1.165) is 77.0 Å². The lowest BCUT2D eigenvalue weighted by atomic mass is 10.1. The SMILES string of the molecule is CC\C=C/C=C\C=C/C=C\C=C/CCCCCC(=O)OC(COC(=O)CCCCC\C=C/C=C\C=C/C=C\CC)COC(=O)CCCCCCCCC/C=C\CCCCCCCC. The van der Waals surface area contributed by atoms with Gasteiger partial charge in [0.2, 0.25) is 0 Å². The van der Waals surface area contributed by atoms with Gasteiger partial charge in [-0.15, -0.1) is 0 Å². The summed E-state index contributed by atoms with van der Waals surface area (Å²) in [6.45, 7) is 6.25. The Morgan fingerprint density at radius 3 is 1.03 bits per heavy atom. The van der Waals surface area contributed by atoms with Crippen LogP contribution in [0.3, 0.4) is 0 Å². The normalized spacial score (nSPS) is 13.1. The minimum absolute atomic E-state index is 0.114. The molecule has 0 rings (SSSR count). The standard InChI is InChI=1S/C57H90O6/c1-4-7-10-13-16-19-22-25-27-28-30-32-35-38-41-44-47-50-56(59)62-53-54(52-61-55(58)49-46-43-40-37-34-31-24-21-18-15-12-9-6-3)63-57(60)51-48-45-42-39-36-33-29-26-23-20-17-14-11-8-5-2/h8-9,11-12,14-15,17-18,20-21,23-27,29,31,33-34,36,54H,4-7,10,13,16,19,22,28,30,32,35,37-53H2,1-3H3/b11-8-,12-9-,17-14-,18-15-,23-20-,24-21-,27-25-,29-26-,34-31-,36-33-. The zero-order valence-electron chi connectivity index (χ0n) is 40.3. The van der Waals surface area contributed by atoms with Gasteiger partial charge in [-0.05, 0) is 83.5 Å². The fourth-order valence-corrected chi connectivity index (χ4v) is 6.41. The van der Waals surface area contributed by atoms with Crippen LogP contribution in [-0.2, 0) is 28.6 Å². The van der Waals surface area contributed by atoms with Crippen LogP contribution in [0.25, 0.3) is 0 Å². The molecule has 0 N–H and O–H groups in total. The van der Waals surface area contributed by atoms with Crippen molar-refractivity contribution in [1.82, 2.24) is 0 Å². The van der Waals surface area contributed by atoms with Gasteiger partial charge in [0.15, 0.2) is 6.10 Å². The Morgan fingerprint density at radius 1 is 0.333 bits per heavy atom. The fourth-order valence-electron chi connectivity index (χ4n) is 6.41. The van der Waals surface area contributed by atoms with Crippen LogP contribution in [0.1, 0.15) is 201 Å². The molecule has 1 unspecified atom stereocenters. The molecule has 0 saturated carbocycles. The van der Waals surface area contributed by atoms with Crippen LogP contribution in [0.5, 0.6) is 0 Å². The molecule has 0 aliphatic rings. The van der Waals surface area contributed by atoms with Crippen LogP contribution < -0.4 is 0 Å². The van der Waals surface area contributed by atoms with Gasteiger partial charge < -0.3 is 14.2 Å². The van der Waals surface area contributed by atoms with Crippen molar-refractivity contribution in [1.29, 1.82) is 0 Å². The van der Waals surface area contributed by atoms with E-state index in [1.807, 2.05) is 85.1 Å². The summed E-state index contributed by atoms with van der Waals surface area (Å²) in [5.41, 5.74) is 0. The number of carbonyl (C=O) groups is 3. The van der Waals surface area contributed by atoms with Gasteiger partial charge in [-0.3, -0.25) is 14.4 Å². The summed E-state index contributed by atoms with van der Waals surface area (Å²) in [7, 11) is 0. The second-order valence-electron chi connectivity index (χ2n) is 16.2. The number of esters is 3. The summed E-state index contributed by atoms with van der Waals surface area (Å²) in [4.78, 5) is 37.9. The maximum Gasteiger partial charge on any atom is 0.306 e. The highest BCUT2D eigenvalue weighted by molar-refractivity contribution is 5.71. The Labute approximate surface area is 386 Å². The van der Waals surface area contributed by atoms with Gasteiger partial charge in [0.05, 0.1) is 0 Å². The van der Waals surface area contributed by atoms with E-state index in [1.165, 1.54) is 77.0 Å². The van der Waals surface area contributed by atoms with Crippen LogP contribution in [0, 0.1) is 0 Å². The third-order valence-corrected chi connectivity index (χ3v) is 10.2. The second kappa shape index (κ2) is 50.5. The lowest BCUT2D eigenvalue weighted by Crippen LogP contribution is -2.30. The summed E-state index contributed by atoms with van der Waals surface area (Å²) in [6, 6.07) is 0. The summed E-state index contributed by atoms with van der Waals surface area (Å²) in [5, 5.41) is 0. The van der Waals surface area contributed by atoms with Crippen molar-refractivity contribution in [2.75, 3.05) is 13.2 Å². The topological polar surface area (TPSA) is 78.9 Å². The van der Waals surface area contributed by atoms with Crippen molar-refractivity contribution in [3.63, 3.8) is 0 Å². The molecule has 0 aliphatic carbocycles. The van der Waals surface area contributed by atoms with E-state index >= 15 is 0 Å². The number of ether oxygens (including phenoxy) is 3. The molecule has 0 fully saturated rings. The van der Waals surface area contributed by atoms with Crippen LogP contribution in [0.4, 0.5) is 0 Å². The van der Waals surface area contributed by atoms with Gasteiger partial charge in [0.25, 0.3) is 0 Å². The Hall–Kier alpha value is -4.19. The average molecular weight is 871 g/mol. The maximum absolute atomic E-state index is 12.8. The van der Waals surface area contributed by atoms with E-state index in [4.69, 9.17) is 14.2 Å². The van der Waals surface area contributed by atoms with Crippen molar-refractivity contribution in [3.05, 3.63) is 122 Å². The van der Waals surface area contributed by atoms with Gasteiger partial charge in [0, 0.05) is 19.3 Å². The third kappa shape index (κ3) is 48.7. The average Bonchev–Trinajstić information content (AvgIpc) is 3.28. The summed E-state index contributed by atoms with van der Waals surface area (Å²) in [5.74, 6) is -1.01. The van der Waals surface area contributed by atoms with Crippen LogP contribution in [-0.4, -0.2) is 37.2 Å². The first-order chi connectivity index (χ1) is 31.0. The van der Waals surface area contributed by atoms with Gasteiger partial charge in [-0.25, -0.2) is 0 Å². The largest absolute Gasteiger partial charge is 0.462 e. The lowest BCUT2D eigenvalue weighted by Gasteiger charge is -2.18. The molecule has 0 amide bonds. The van der Waals surface area contributed by atoms with Crippen molar-refractivity contribution in [2.45, 2.75) is 207 Å². The third-order valence-electron chi connectivity index (χ3n) is 10.2. The van der Waals surface area contributed by atoms with E-state index < -0.39 is 6.10 Å². The Kier molecular flexibility index (Phi) is 47.1. The predicted molar refractivity (Wildman–Crippen MR) is 269 cm³/mol. The molecule has 63 heavy (non-hydrogen) atoms. The molecule has 6 heteroatoms. The first-order valence-corrected chi connectivity index (χ1v) is 25.2. The molecule has 0 aliphatic heterocycles. The molecule has 0 heterocycles. The molecule has 354 valence electrons. The quantitative estimate of drug-likeness (QED) is 0.0200. The van der Waals surface area contributed by atoms with Crippen LogP contribution >= 0.6 is 0 Å². The molecule has 0 spiro atoms. The second-order valence-corrected chi connectivity index (χ2v) is 16.2. The molecule has 0 saturated heterocycles. The molecule has 0 bridgehead atoms. The van der Waals surface area contributed by atoms with E-state index in [2.05, 4.69) is 57.2 Å². The first-order valence-electron chi connectivity index (χ1n) is 25.2. The van der Waals surface area contributed by atoms with Gasteiger partial charge in [-0.1, -0.05) is 219 Å². The highest BCUT2D eigenvalue weighted by Crippen LogP contribution is 2.13. The fraction of sp³-hybridized carbons (Fsp3) is 0.596. The molecule has 6 nitrogen and oxygen atoms in total. The Bertz CT molecular complexity index is 1370. The number of unbranched alkanes of at least 4 members (excludes halogenated alkanes) is 19. The van der Waals surface area contributed by atoms with Crippen molar-refractivity contribution in [2.24, 2.45) is 0 Å². The number of carbonyl (C=O) groups excluding carboxylic acids is 3. The molecular weight excluding hydrogens is 781 g/mol. The minimum Gasteiger partial charge on any atom is -0.462 e. The highest BCUT2D eigenvalue weighted by atomic mass is 16.6. The first kappa shape index (κ1) is 58.8. The van der Waals surface area contributed by atoms with E-state index in [0.29, 0.717) is 19.3 Å². The number of rotatable bonds is 43. The molecule has 1 atom stereocenters. The van der Waals surface area contributed by atoms with Crippen molar-refractivity contribution < 1.29 is 28.6 Å². The summed E-state index contributed by atoms with van der Waals surface area (Å²) < 4.78 is 16.7. The van der Waals surface area contributed by atoms with Crippen molar-refractivity contribution >= 4 is 17.9 Å². The molecule has 0 radical (unpaired) electrons. The predicted octanol–water partition coefficient (Wildman–Crippen LogP) is 16.5. The monoisotopic (exact) mass is 871 g/mol. The number of hydrogen-bond donors (Lipinski definition) is 0. The van der Waals surface area contributed by atoms with E-state index in [-0.39, 0.29) is 37.5 Å². The summed E-state index contributed by atoms with van der Waals surface area (Å²) in [6.07, 6.45) is 69.0. The van der Waals surface area contributed by atoms with E-state index in [9.17, 15) is 14.4 Å². The lowest BCUT2D eigenvalue weighted by molar-refractivity contribution is -0.167.